The van der Waals surface area contributed by atoms with Crippen LogP contribution in [-0.2, 0) is 11.2 Å². The first-order chi connectivity index (χ1) is 9.58. The Bertz CT molecular complexity index is 626. The smallest absolute Gasteiger partial charge is 0.228 e. The zero-order chi connectivity index (χ0) is 14.5. The second-order valence-corrected chi connectivity index (χ2v) is 5.41. The van der Waals surface area contributed by atoms with Gasteiger partial charge in [-0.25, -0.2) is 0 Å². The molecule has 2 aromatic rings. The molecular weight excluding hydrogens is 318 g/mol. The monoisotopic (exact) mass is 333 g/mol. The molecule has 0 unspecified atom stereocenters. The van der Waals surface area contributed by atoms with Gasteiger partial charge in [-0.2, -0.15) is 0 Å². The lowest BCUT2D eigenvalue weighted by Crippen LogP contribution is -2.14. The zero-order valence-electron chi connectivity index (χ0n) is 11.4. The highest BCUT2D eigenvalue weighted by Crippen LogP contribution is 2.27. The molecule has 1 N–H and O–H groups in total. The topological polar surface area (TPSA) is 38.3 Å². The van der Waals surface area contributed by atoms with Crippen molar-refractivity contribution in [3.8, 4) is 5.75 Å². The van der Waals surface area contributed by atoms with Gasteiger partial charge in [0.15, 0.2) is 0 Å². The normalized spacial score (nSPS) is 10.2. The van der Waals surface area contributed by atoms with Crippen molar-refractivity contribution in [1.29, 1.82) is 0 Å². The molecule has 0 aliphatic carbocycles. The predicted octanol–water partition coefficient (Wildman–Crippen LogP) is 3.95. The van der Waals surface area contributed by atoms with E-state index in [4.69, 9.17) is 4.74 Å². The Balaban J connectivity index is 2.08. The van der Waals surface area contributed by atoms with E-state index in [1.54, 1.807) is 13.2 Å². The van der Waals surface area contributed by atoms with E-state index in [-0.39, 0.29) is 5.91 Å². The Morgan fingerprint density at radius 2 is 2.05 bits per heavy atom. The van der Waals surface area contributed by atoms with Gasteiger partial charge in [0.05, 0.1) is 19.2 Å². The van der Waals surface area contributed by atoms with Gasteiger partial charge < -0.3 is 10.1 Å². The van der Waals surface area contributed by atoms with Gasteiger partial charge in [-0.3, -0.25) is 4.79 Å². The van der Waals surface area contributed by atoms with Crippen molar-refractivity contribution in [1.82, 2.24) is 0 Å². The minimum absolute atomic E-state index is 0.0513. The van der Waals surface area contributed by atoms with Gasteiger partial charge >= 0.3 is 0 Å². The third-order valence-electron chi connectivity index (χ3n) is 2.89. The Labute approximate surface area is 127 Å². The number of hydrogen-bond donors (Lipinski definition) is 1. The largest absolute Gasteiger partial charge is 0.497 e. The van der Waals surface area contributed by atoms with E-state index in [0.29, 0.717) is 17.9 Å². The molecule has 0 saturated heterocycles. The van der Waals surface area contributed by atoms with Crippen molar-refractivity contribution in [2.75, 3.05) is 12.4 Å². The van der Waals surface area contributed by atoms with Crippen LogP contribution in [0.2, 0.25) is 0 Å². The van der Waals surface area contributed by atoms with Crippen LogP contribution in [0.25, 0.3) is 0 Å². The fourth-order valence-electron chi connectivity index (χ4n) is 1.93. The van der Waals surface area contributed by atoms with E-state index in [1.165, 1.54) is 0 Å². The van der Waals surface area contributed by atoms with Crippen LogP contribution in [0.3, 0.4) is 0 Å². The minimum atomic E-state index is -0.0513. The van der Waals surface area contributed by atoms with Crippen molar-refractivity contribution in [2.45, 2.75) is 13.3 Å². The molecule has 3 nitrogen and oxygen atoms in total. The summed E-state index contributed by atoms with van der Waals surface area (Å²) >= 11 is 3.41. The first-order valence-electron chi connectivity index (χ1n) is 6.27. The summed E-state index contributed by atoms with van der Waals surface area (Å²) in [6, 6.07) is 13.4. The number of halogens is 1. The molecule has 0 atom stereocenters. The van der Waals surface area contributed by atoms with Gasteiger partial charge in [0, 0.05) is 10.5 Å². The van der Waals surface area contributed by atoms with Crippen molar-refractivity contribution in [3.63, 3.8) is 0 Å². The molecule has 0 fully saturated rings. The van der Waals surface area contributed by atoms with Crippen molar-refractivity contribution < 1.29 is 9.53 Å². The summed E-state index contributed by atoms with van der Waals surface area (Å²) in [5.41, 5.74) is 2.86. The highest BCUT2D eigenvalue weighted by atomic mass is 79.9. The van der Waals surface area contributed by atoms with Crippen LogP contribution < -0.4 is 10.1 Å². The van der Waals surface area contributed by atoms with E-state index < -0.39 is 0 Å². The molecule has 1 amide bonds. The highest BCUT2D eigenvalue weighted by Gasteiger charge is 2.08. The van der Waals surface area contributed by atoms with Crippen LogP contribution in [0, 0.1) is 6.92 Å². The number of nitrogens with one attached hydrogen (secondary N) is 1. The van der Waals surface area contributed by atoms with Gasteiger partial charge in [-0.05, 0) is 40.5 Å². The van der Waals surface area contributed by atoms with Gasteiger partial charge in [0.2, 0.25) is 5.91 Å². The number of amides is 1. The first-order valence-corrected chi connectivity index (χ1v) is 7.06. The summed E-state index contributed by atoms with van der Waals surface area (Å²) in [5, 5.41) is 2.89. The molecule has 2 aromatic carbocycles. The standard InChI is InChI=1S/C16H16BrNO2/c1-11-4-3-5-12(8-11)9-16(19)18-15-10-13(20-2)6-7-14(15)17/h3-8,10H,9H2,1-2H3,(H,18,19). The Morgan fingerprint density at radius 1 is 1.25 bits per heavy atom. The highest BCUT2D eigenvalue weighted by molar-refractivity contribution is 9.10. The van der Waals surface area contributed by atoms with Crippen molar-refractivity contribution in [2.24, 2.45) is 0 Å². The van der Waals surface area contributed by atoms with Gasteiger partial charge in [0.25, 0.3) is 0 Å². The maximum atomic E-state index is 12.1. The van der Waals surface area contributed by atoms with E-state index >= 15 is 0 Å². The molecule has 0 bridgehead atoms. The molecule has 2 rings (SSSR count). The van der Waals surface area contributed by atoms with Gasteiger partial charge in [-0.1, -0.05) is 29.8 Å². The molecule has 20 heavy (non-hydrogen) atoms. The summed E-state index contributed by atoms with van der Waals surface area (Å²) in [4.78, 5) is 12.1. The number of rotatable bonds is 4. The van der Waals surface area contributed by atoms with Crippen LogP contribution in [0.4, 0.5) is 5.69 Å². The minimum Gasteiger partial charge on any atom is -0.497 e. The average molecular weight is 334 g/mol. The first kappa shape index (κ1) is 14.6. The lowest BCUT2D eigenvalue weighted by atomic mass is 10.1. The Hall–Kier alpha value is -1.81. The molecule has 0 saturated carbocycles. The molecule has 0 radical (unpaired) electrons. The van der Waals surface area contributed by atoms with Crippen LogP contribution >= 0.6 is 15.9 Å². The molecular formula is C16H16BrNO2. The lowest BCUT2D eigenvalue weighted by molar-refractivity contribution is -0.115. The lowest BCUT2D eigenvalue weighted by Gasteiger charge is -2.09. The molecule has 0 aliphatic heterocycles. The Kier molecular flexibility index (Phi) is 4.79. The maximum Gasteiger partial charge on any atom is 0.228 e. The molecule has 0 spiro atoms. The van der Waals surface area contributed by atoms with Crippen molar-refractivity contribution in [3.05, 3.63) is 58.1 Å². The molecule has 0 aliphatic rings. The molecule has 0 aromatic heterocycles. The van der Waals surface area contributed by atoms with Crippen LogP contribution in [0.5, 0.6) is 5.75 Å². The summed E-state index contributed by atoms with van der Waals surface area (Å²) in [6.45, 7) is 2.01. The second kappa shape index (κ2) is 6.57. The van der Waals surface area contributed by atoms with Crippen molar-refractivity contribution >= 4 is 27.5 Å². The average Bonchev–Trinajstić information content (AvgIpc) is 2.41. The fraction of sp³-hybridized carbons (Fsp3) is 0.188. The van der Waals surface area contributed by atoms with Crippen LogP contribution in [0.15, 0.2) is 46.9 Å². The molecule has 0 heterocycles. The van der Waals surface area contributed by atoms with Crippen LogP contribution in [-0.4, -0.2) is 13.0 Å². The van der Waals surface area contributed by atoms with E-state index in [0.717, 1.165) is 15.6 Å². The molecule has 104 valence electrons. The predicted molar refractivity (Wildman–Crippen MR) is 84.2 cm³/mol. The third-order valence-corrected chi connectivity index (χ3v) is 3.59. The Morgan fingerprint density at radius 3 is 2.75 bits per heavy atom. The SMILES string of the molecule is COc1ccc(Br)c(NC(=O)Cc2cccc(C)c2)c1. The second-order valence-electron chi connectivity index (χ2n) is 4.56. The number of anilines is 1. The summed E-state index contributed by atoms with van der Waals surface area (Å²) in [5.74, 6) is 0.656. The fourth-order valence-corrected chi connectivity index (χ4v) is 2.27. The number of carbonyl (C=O) groups excluding carboxylic acids is 1. The number of ether oxygens (including phenoxy) is 1. The summed E-state index contributed by atoms with van der Waals surface area (Å²) in [7, 11) is 1.60. The quantitative estimate of drug-likeness (QED) is 0.919. The number of hydrogen-bond acceptors (Lipinski definition) is 2. The summed E-state index contributed by atoms with van der Waals surface area (Å²) in [6.07, 6.45) is 0.353. The maximum absolute atomic E-state index is 12.1. The van der Waals surface area contributed by atoms with Crippen LogP contribution in [0.1, 0.15) is 11.1 Å². The number of carbonyl (C=O) groups is 1. The zero-order valence-corrected chi connectivity index (χ0v) is 13.0. The number of benzene rings is 2. The van der Waals surface area contributed by atoms with E-state index in [2.05, 4.69) is 21.2 Å². The summed E-state index contributed by atoms with van der Waals surface area (Å²) < 4.78 is 5.98. The van der Waals surface area contributed by atoms with Gasteiger partial charge in [0.1, 0.15) is 5.75 Å². The van der Waals surface area contributed by atoms with Gasteiger partial charge in [-0.15, -0.1) is 0 Å². The van der Waals surface area contributed by atoms with E-state index in [9.17, 15) is 4.79 Å². The van der Waals surface area contributed by atoms with E-state index in [1.807, 2.05) is 43.3 Å². The molecule has 4 heteroatoms. The number of methoxy groups -OCH3 is 1. The number of aryl methyl sites for hydroxylation is 1. The third kappa shape index (κ3) is 3.84.